The molecule has 1 unspecified atom stereocenters. The Balaban J connectivity index is 2.75. The third-order valence-corrected chi connectivity index (χ3v) is 3.25. The third-order valence-electron chi connectivity index (χ3n) is 3.25. The van der Waals surface area contributed by atoms with Gasteiger partial charge in [0.2, 0.25) is 0 Å². The minimum absolute atomic E-state index is 0.436. The Kier molecular flexibility index (Phi) is 6.88. The molecular formula is C15H27N3. The summed E-state index contributed by atoms with van der Waals surface area (Å²) in [5, 5.41) is 12.0. The topological polar surface area (TPSA) is 37.8 Å². The Morgan fingerprint density at radius 3 is 2.56 bits per heavy atom. The van der Waals surface area contributed by atoms with E-state index in [9.17, 15) is 0 Å². The summed E-state index contributed by atoms with van der Waals surface area (Å²) in [6.07, 6.45) is 6.22. The highest BCUT2D eigenvalue weighted by molar-refractivity contribution is 5.23. The van der Waals surface area contributed by atoms with E-state index in [1.54, 1.807) is 0 Å². The normalized spacial score (nSPS) is 12.7. The molecule has 3 nitrogen and oxygen atoms in total. The lowest BCUT2D eigenvalue weighted by molar-refractivity contribution is 0.470. The summed E-state index contributed by atoms with van der Waals surface area (Å²) in [5.41, 5.74) is 3.40. The molecule has 0 radical (unpaired) electrons. The maximum Gasteiger partial charge on any atom is 0.0648 e. The van der Waals surface area contributed by atoms with E-state index in [0.29, 0.717) is 6.04 Å². The molecule has 0 aromatic carbocycles. The summed E-state index contributed by atoms with van der Waals surface area (Å²) in [7, 11) is 0. The SMILES string of the molecule is CCCCCC(NCCC)c1cc(C)nnc1C. The molecule has 1 atom stereocenters. The second-order valence-corrected chi connectivity index (χ2v) is 5.03. The Bertz CT molecular complexity index is 350. The lowest BCUT2D eigenvalue weighted by Gasteiger charge is -2.20. The van der Waals surface area contributed by atoms with Gasteiger partial charge in [-0.05, 0) is 44.9 Å². The number of hydrogen-bond donors (Lipinski definition) is 1. The first-order valence-electron chi connectivity index (χ1n) is 7.23. The predicted octanol–water partition coefficient (Wildman–Crippen LogP) is 3.71. The quantitative estimate of drug-likeness (QED) is 0.714. The Hall–Kier alpha value is -0.960. The molecule has 18 heavy (non-hydrogen) atoms. The van der Waals surface area contributed by atoms with Gasteiger partial charge in [0.15, 0.2) is 0 Å². The van der Waals surface area contributed by atoms with Crippen LogP contribution in [0, 0.1) is 13.8 Å². The van der Waals surface area contributed by atoms with Crippen LogP contribution in [-0.4, -0.2) is 16.7 Å². The molecule has 1 heterocycles. The minimum atomic E-state index is 0.436. The van der Waals surface area contributed by atoms with Crippen molar-refractivity contribution < 1.29 is 0 Å². The predicted molar refractivity (Wildman–Crippen MR) is 76.7 cm³/mol. The standard InChI is InChI=1S/C15H27N3/c1-5-7-8-9-15(16-10-6-2)14-11-12(3)17-18-13(14)4/h11,15-16H,5-10H2,1-4H3. The first-order chi connectivity index (χ1) is 8.69. The van der Waals surface area contributed by atoms with Crippen LogP contribution in [0.2, 0.25) is 0 Å². The lowest BCUT2D eigenvalue weighted by atomic mass is 9.99. The second kappa shape index (κ2) is 8.20. The van der Waals surface area contributed by atoms with Crippen LogP contribution in [0.25, 0.3) is 0 Å². The van der Waals surface area contributed by atoms with Crippen molar-refractivity contribution in [2.45, 2.75) is 65.8 Å². The first-order valence-corrected chi connectivity index (χ1v) is 7.23. The molecular weight excluding hydrogens is 222 g/mol. The van der Waals surface area contributed by atoms with Gasteiger partial charge in [0, 0.05) is 6.04 Å². The van der Waals surface area contributed by atoms with Crippen molar-refractivity contribution in [1.29, 1.82) is 0 Å². The van der Waals surface area contributed by atoms with E-state index >= 15 is 0 Å². The number of rotatable bonds is 8. The molecule has 102 valence electrons. The molecule has 1 rings (SSSR count). The molecule has 0 aliphatic carbocycles. The van der Waals surface area contributed by atoms with Crippen LogP contribution in [0.5, 0.6) is 0 Å². The summed E-state index contributed by atoms with van der Waals surface area (Å²) in [5.74, 6) is 0. The van der Waals surface area contributed by atoms with Crippen LogP contribution in [0.3, 0.4) is 0 Å². The molecule has 3 heteroatoms. The maximum absolute atomic E-state index is 4.25. The van der Waals surface area contributed by atoms with Crippen molar-refractivity contribution in [3.8, 4) is 0 Å². The van der Waals surface area contributed by atoms with Gasteiger partial charge in [0.05, 0.1) is 11.4 Å². The highest BCUT2D eigenvalue weighted by Crippen LogP contribution is 2.22. The summed E-state index contributed by atoms with van der Waals surface area (Å²) in [6.45, 7) is 9.59. The van der Waals surface area contributed by atoms with Crippen LogP contribution in [0.1, 0.15) is 68.9 Å². The third kappa shape index (κ3) is 4.73. The Morgan fingerprint density at radius 1 is 1.11 bits per heavy atom. The van der Waals surface area contributed by atoms with Crippen molar-refractivity contribution in [3.63, 3.8) is 0 Å². The van der Waals surface area contributed by atoms with Crippen molar-refractivity contribution in [2.24, 2.45) is 0 Å². The smallest absolute Gasteiger partial charge is 0.0648 e. The summed E-state index contributed by atoms with van der Waals surface area (Å²) in [4.78, 5) is 0. The number of aryl methyl sites for hydroxylation is 2. The van der Waals surface area contributed by atoms with Gasteiger partial charge in [0.25, 0.3) is 0 Å². The van der Waals surface area contributed by atoms with E-state index < -0.39 is 0 Å². The number of unbranched alkanes of at least 4 members (excludes halogenated alkanes) is 2. The molecule has 0 aliphatic rings. The fraction of sp³-hybridized carbons (Fsp3) is 0.733. The lowest BCUT2D eigenvalue weighted by Crippen LogP contribution is -2.23. The van der Waals surface area contributed by atoms with Gasteiger partial charge in [-0.2, -0.15) is 10.2 Å². The first kappa shape index (κ1) is 15.1. The van der Waals surface area contributed by atoms with Gasteiger partial charge in [-0.1, -0.05) is 33.1 Å². The van der Waals surface area contributed by atoms with Crippen LogP contribution in [0.4, 0.5) is 0 Å². The van der Waals surface area contributed by atoms with Crippen molar-refractivity contribution >= 4 is 0 Å². The summed E-state index contributed by atoms with van der Waals surface area (Å²) < 4.78 is 0. The van der Waals surface area contributed by atoms with Crippen LogP contribution < -0.4 is 5.32 Å². The maximum atomic E-state index is 4.25. The average Bonchev–Trinajstić information content (AvgIpc) is 2.37. The number of hydrogen-bond acceptors (Lipinski definition) is 3. The van der Waals surface area contributed by atoms with Gasteiger partial charge in [-0.3, -0.25) is 0 Å². The van der Waals surface area contributed by atoms with E-state index in [1.807, 2.05) is 6.92 Å². The number of aromatic nitrogens is 2. The van der Waals surface area contributed by atoms with Gasteiger partial charge >= 0.3 is 0 Å². The molecule has 0 fully saturated rings. The van der Waals surface area contributed by atoms with E-state index in [-0.39, 0.29) is 0 Å². The van der Waals surface area contributed by atoms with E-state index in [1.165, 1.54) is 37.7 Å². The zero-order valence-corrected chi connectivity index (χ0v) is 12.3. The molecule has 1 aromatic heterocycles. The molecule has 0 spiro atoms. The highest BCUT2D eigenvalue weighted by atomic mass is 15.1. The van der Waals surface area contributed by atoms with Crippen LogP contribution in [-0.2, 0) is 0 Å². The van der Waals surface area contributed by atoms with Gasteiger partial charge in [0.1, 0.15) is 0 Å². The van der Waals surface area contributed by atoms with Crippen molar-refractivity contribution in [3.05, 3.63) is 23.0 Å². The summed E-state index contributed by atoms with van der Waals surface area (Å²) >= 11 is 0. The molecule has 0 bridgehead atoms. The second-order valence-electron chi connectivity index (χ2n) is 5.03. The van der Waals surface area contributed by atoms with Crippen molar-refractivity contribution in [1.82, 2.24) is 15.5 Å². The van der Waals surface area contributed by atoms with Gasteiger partial charge in [-0.15, -0.1) is 0 Å². The Labute approximate surface area is 111 Å². The molecule has 0 amide bonds. The molecule has 0 saturated heterocycles. The average molecular weight is 249 g/mol. The Morgan fingerprint density at radius 2 is 1.89 bits per heavy atom. The van der Waals surface area contributed by atoms with Crippen molar-refractivity contribution in [2.75, 3.05) is 6.54 Å². The number of nitrogens with one attached hydrogen (secondary N) is 1. The minimum Gasteiger partial charge on any atom is -0.310 e. The number of nitrogens with zero attached hydrogens (tertiary/aromatic N) is 2. The van der Waals surface area contributed by atoms with Crippen LogP contribution >= 0.6 is 0 Å². The van der Waals surface area contributed by atoms with E-state index in [0.717, 1.165) is 17.9 Å². The van der Waals surface area contributed by atoms with E-state index in [4.69, 9.17) is 0 Å². The molecule has 0 saturated carbocycles. The van der Waals surface area contributed by atoms with Gasteiger partial charge < -0.3 is 5.32 Å². The fourth-order valence-electron chi connectivity index (χ4n) is 2.21. The monoisotopic (exact) mass is 249 g/mol. The van der Waals surface area contributed by atoms with Gasteiger partial charge in [-0.25, -0.2) is 0 Å². The van der Waals surface area contributed by atoms with Crippen LogP contribution in [0.15, 0.2) is 6.07 Å². The fourth-order valence-corrected chi connectivity index (χ4v) is 2.21. The zero-order chi connectivity index (χ0) is 13.4. The molecule has 0 aliphatic heterocycles. The van der Waals surface area contributed by atoms with E-state index in [2.05, 4.69) is 42.4 Å². The zero-order valence-electron chi connectivity index (χ0n) is 12.3. The largest absolute Gasteiger partial charge is 0.310 e. The molecule has 1 aromatic rings. The summed E-state index contributed by atoms with van der Waals surface area (Å²) in [6, 6.07) is 2.62. The molecule has 1 N–H and O–H groups in total. The highest BCUT2D eigenvalue weighted by Gasteiger charge is 2.14.